The van der Waals surface area contributed by atoms with E-state index >= 15 is 0 Å². The van der Waals surface area contributed by atoms with Crippen LogP contribution in [0, 0.1) is 11.8 Å². The van der Waals surface area contributed by atoms with E-state index in [2.05, 4.69) is 19.9 Å². The molecule has 1 aliphatic heterocycles. The quantitative estimate of drug-likeness (QED) is 0.925. The van der Waals surface area contributed by atoms with Crippen LogP contribution < -0.4 is 0 Å². The molecule has 22 heavy (non-hydrogen) atoms. The highest BCUT2D eigenvalue weighted by molar-refractivity contribution is 5.71. The Kier molecular flexibility index (Phi) is 5.12. The smallest absolute Gasteiger partial charge is 0.327 e. The molecule has 122 valence electrons. The number of hydroxylamine groups is 2. The molecular weight excluding hydrogens is 278 g/mol. The third kappa shape index (κ3) is 3.43. The van der Waals surface area contributed by atoms with Crippen molar-refractivity contribution >= 4 is 5.97 Å². The number of nitrogens with zero attached hydrogens (tertiary/aromatic N) is 1. The van der Waals surface area contributed by atoms with Crippen LogP contribution in [-0.4, -0.2) is 29.2 Å². The largest absolute Gasteiger partial charge is 0.508 e. The first kappa shape index (κ1) is 16.8. The van der Waals surface area contributed by atoms with Gasteiger partial charge in [0.05, 0.1) is 5.92 Å². The third-order valence-electron chi connectivity index (χ3n) is 5.19. The molecule has 1 aromatic carbocycles. The van der Waals surface area contributed by atoms with Crippen LogP contribution in [0.3, 0.4) is 0 Å². The van der Waals surface area contributed by atoms with E-state index in [-0.39, 0.29) is 17.3 Å². The lowest BCUT2D eigenvalue weighted by Gasteiger charge is -2.44. The molecule has 1 fully saturated rings. The van der Waals surface area contributed by atoms with E-state index in [0.29, 0.717) is 18.2 Å². The molecule has 3 atom stereocenters. The molecule has 4 heteroatoms. The zero-order chi connectivity index (χ0) is 16.3. The minimum absolute atomic E-state index is 0.0159. The Bertz CT molecular complexity index is 531. The summed E-state index contributed by atoms with van der Waals surface area (Å²) in [6.07, 6.45) is 1.69. The first-order chi connectivity index (χ1) is 10.4. The molecule has 0 amide bonds. The van der Waals surface area contributed by atoms with Crippen molar-refractivity contribution < 1.29 is 14.7 Å². The van der Waals surface area contributed by atoms with Crippen LogP contribution in [0.2, 0.25) is 0 Å². The Balaban J connectivity index is 2.05. The van der Waals surface area contributed by atoms with Crippen LogP contribution in [0.15, 0.2) is 24.3 Å². The van der Waals surface area contributed by atoms with Gasteiger partial charge in [0.25, 0.3) is 0 Å². The first-order valence-electron chi connectivity index (χ1n) is 8.13. The number of hydrogen-bond acceptors (Lipinski definition) is 4. The number of carbonyl (C=O) groups is 1. The molecule has 1 saturated heterocycles. The monoisotopic (exact) mass is 305 g/mol. The molecule has 1 aromatic rings. The number of carbonyl (C=O) groups excluding carboxylic acids is 1. The third-order valence-corrected chi connectivity index (χ3v) is 5.19. The van der Waals surface area contributed by atoms with Gasteiger partial charge in [-0.05, 0) is 41.9 Å². The average molecular weight is 305 g/mol. The molecule has 0 saturated carbocycles. The van der Waals surface area contributed by atoms with E-state index in [4.69, 9.17) is 4.84 Å². The molecule has 1 N–H and O–H groups in total. The van der Waals surface area contributed by atoms with E-state index in [9.17, 15) is 9.90 Å². The van der Waals surface area contributed by atoms with E-state index < -0.39 is 0 Å². The van der Waals surface area contributed by atoms with Gasteiger partial charge in [0.15, 0.2) is 0 Å². The topological polar surface area (TPSA) is 49.8 Å². The summed E-state index contributed by atoms with van der Waals surface area (Å²) >= 11 is 0. The second-order valence-corrected chi connectivity index (χ2v) is 6.73. The standard InChI is InChI=1S/C18H27NO3/c1-5-13(2)17(21)22-19-10-9-18(4,14(3)12-19)15-7-6-8-16(20)11-15/h6-8,11,13-14,20H,5,9-10,12H2,1-4H3. The van der Waals surface area contributed by atoms with Crippen molar-refractivity contribution in [1.29, 1.82) is 0 Å². The van der Waals surface area contributed by atoms with Gasteiger partial charge in [-0.2, -0.15) is 0 Å². The number of hydrogen-bond donors (Lipinski definition) is 1. The van der Waals surface area contributed by atoms with Crippen LogP contribution in [0.1, 0.15) is 46.1 Å². The summed E-state index contributed by atoms with van der Waals surface area (Å²) in [6, 6.07) is 7.49. The van der Waals surface area contributed by atoms with E-state index in [1.54, 1.807) is 11.1 Å². The van der Waals surface area contributed by atoms with Crippen molar-refractivity contribution in [2.45, 2.75) is 46.0 Å². The number of aromatic hydroxyl groups is 1. The van der Waals surface area contributed by atoms with E-state index in [1.807, 2.05) is 26.0 Å². The Morgan fingerprint density at radius 2 is 2.27 bits per heavy atom. The van der Waals surface area contributed by atoms with Crippen LogP contribution >= 0.6 is 0 Å². The number of phenolic OH excluding ortho intramolecular Hbond substituents is 1. The van der Waals surface area contributed by atoms with Crippen molar-refractivity contribution in [3.05, 3.63) is 29.8 Å². The van der Waals surface area contributed by atoms with Gasteiger partial charge in [0.2, 0.25) is 0 Å². The molecular formula is C18H27NO3. The number of rotatable bonds is 4. The van der Waals surface area contributed by atoms with Gasteiger partial charge in [-0.1, -0.05) is 39.8 Å². The lowest BCUT2D eigenvalue weighted by Crippen LogP contribution is -2.48. The molecule has 0 radical (unpaired) electrons. The lowest BCUT2D eigenvalue weighted by molar-refractivity contribution is -0.206. The maximum atomic E-state index is 11.9. The summed E-state index contributed by atoms with van der Waals surface area (Å²) in [7, 11) is 0. The number of phenols is 1. The first-order valence-corrected chi connectivity index (χ1v) is 8.13. The molecule has 0 bridgehead atoms. The van der Waals surface area contributed by atoms with Gasteiger partial charge < -0.3 is 9.94 Å². The number of piperidine rings is 1. The van der Waals surface area contributed by atoms with Crippen molar-refractivity contribution in [2.24, 2.45) is 11.8 Å². The van der Waals surface area contributed by atoms with Gasteiger partial charge in [0.1, 0.15) is 5.75 Å². The van der Waals surface area contributed by atoms with Crippen molar-refractivity contribution in [3.63, 3.8) is 0 Å². The van der Waals surface area contributed by atoms with E-state index in [0.717, 1.165) is 24.9 Å². The zero-order valence-corrected chi connectivity index (χ0v) is 14.0. The highest BCUT2D eigenvalue weighted by Crippen LogP contribution is 2.40. The summed E-state index contributed by atoms with van der Waals surface area (Å²) in [6.45, 7) is 9.72. The Morgan fingerprint density at radius 1 is 1.55 bits per heavy atom. The summed E-state index contributed by atoms with van der Waals surface area (Å²) in [5, 5.41) is 11.5. The van der Waals surface area contributed by atoms with Crippen molar-refractivity contribution in [1.82, 2.24) is 5.06 Å². The van der Waals surface area contributed by atoms with Crippen LogP contribution in [0.5, 0.6) is 5.75 Å². The SMILES string of the molecule is CCC(C)C(=O)ON1CCC(C)(c2cccc(O)c2)C(C)C1. The van der Waals surface area contributed by atoms with Crippen molar-refractivity contribution in [2.75, 3.05) is 13.1 Å². The average Bonchev–Trinajstić information content (AvgIpc) is 2.50. The Hall–Kier alpha value is -1.55. The molecule has 1 aliphatic rings. The Labute approximate surface area is 133 Å². The van der Waals surface area contributed by atoms with Gasteiger partial charge >= 0.3 is 5.97 Å². The minimum atomic E-state index is -0.143. The molecule has 2 rings (SSSR count). The lowest BCUT2D eigenvalue weighted by atomic mass is 9.68. The molecule has 1 heterocycles. The fourth-order valence-electron chi connectivity index (χ4n) is 2.96. The predicted molar refractivity (Wildman–Crippen MR) is 86.4 cm³/mol. The Morgan fingerprint density at radius 3 is 2.86 bits per heavy atom. The van der Waals surface area contributed by atoms with Crippen LogP contribution in [0.25, 0.3) is 0 Å². The van der Waals surface area contributed by atoms with Crippen molar-refractivity contribution in [3.8, 4) is 5.75 Å². The fraction of sp³-hybridized carbons (Fsp3) is 0.611. The highest BCUT2D eigenvalue weighted by Gasteiger charge is 2.39. The fourth-order valence-corrected chi connectivity index (χ4v) is 2.96. The molecule has 3 unspecified atom stereocenters. The second kappa shape index (κ2) is 6.69. The summed E-state index contributed by atoms with van der Waals surface area (Å²) < 4.78 is 0. The maximum absolute atomic E-state index is 11.9. The molecule has 4 nitrogen and oxygen atoms in total. The predicted octanol–water partition coefficient (Wildman–Crippen LogP) is 3.50. The van der Waals surface area contributed by atoms with Gasteiger partial charge in [0, 0.05) is 13.1 Å². The molecule has 0 spiro atoms. The zero-order valence-electron chi connectivity index (χ0n) is 14.0. The summed E-state index contributed by atoms with van der Waals surface area (Å²) in [4.78, 5) is 17.4. The van der Waals surface area contributed by atoms with Gasteiger partial charge in [-0.3, -0.25) is 4.79 Å². The molecule has 0 aliphatic carbocycles. The maximum Gasteiger partial charge on any atom is 0.327 e. The summed E-state index contributed by atoms with van der Waals surface area (Å²) in [5.74, 6) is 0.426. The minimum Gasteiger partial charge on any atom is -0.508 e. The van der Waals surface area contributed by atoms with E-state index in [1.165, 1.54) is 0 Å². The van der Waals surface area contributed by atoms with Gasteiger partial charge in [-0.25, -0.2) is 0 Å². The second-order valence-electron chi connectivity index (χ2n) is 6.73. The van der Waals surface area contributed by atoms with Gasteiger partial charge in [-0.15, -0.1) is 5.06 Å². The number of benzene rings is 1. The highest BCUT2D eigenvalue weighted by atomic mass is 16.7. The van der Waals surface area contributed by atoms with Crippen LogP contribution in [-0.2, 0) is 15.0 Å². The van der Waals surface area contributed by atoms with Crippen LogP contribution in [0.4, 0.5) is 0 Å². The summed E-state index contributed by atoms with van der Waals surface area (Å²) in [5.41, 5.74) is 1.13. The normalized spacial score (nSPS) is 27.4. The molecule has 0 aromatic heterocycles.